The SMILES string of the molecule is Cc1cc(NCc2ccnc(C)n2)c(C(=O)O)c(C)n1. The van der Waals surface area contributed by atoms with Crippen LogP contribution in [0, 0.1) is 20.8 Å². The normalized spacial score (nSPS) is 10.3. The second-order valence-corrected chi connectivity index (χ2v) is 4.53. The van der Waals surface area contributed by atoms with Crippen molar-refractivity contribution in [2.45, 2.75) is 27.3 Å². The van der Waals surface area contributed by atoms with Gasteiger partial charge in [0.25, 0.3) is 0 Å². The zero-order valence-corrected chi connectivity index (χ0v) is 11.6. The first-order valence-electron chi connectivity index (χ1n) is 6.21. The van der Waals surface area contributed by atoms with Crippen LogP contribution in [0.3, 0.4) is 0 Å². The van der Waals surface area contributed by atoms with Gasteiger partial charge in [-0.25, -0.2) is 14.8 Å². The van der Waals surface area contributed by atoms with Gasteiger partial charge in [-0.3, -0.25) is 4.98 Å². The van der Waals surface area contributed by atoms with Crippen LogP contribution >= 0.6 is 0 Å². The Hall–Kier alpha value is -2.50. The van der Waals surface area contributed by atoms with Crippen molar-refractivity contribution in [3.63, 3.8) is 0 Å². The Kier molecular flexibility index (Phi) is 3.93. The number of carboxylic acids is 1. The van der Waals surface area contributed by atoms with E-state index in [9.17, 15) is 9.90 Å². The third kappa shape index (κ3) is 3.09. The van der Waals surface area contributed by atoms with E-state index in [1.54, 1.807) is 25.3 Å². The third-order valence-electron chi connectivity index (χ3n) is 2.84. The Balaban J connectivity index is 2.27. The second-order valence-electron chi connectivity index (χ2n) is 4.53. The smallest absolute Gasteiger partial charge is 0.339 e. The number of anilines is 1. The molecule has 0 aliphatic carbocycles. The minimum absolute atomic E-state index is 0.196. The van der Waals surface area contributed by atoms with E-state index in [1.807, 2.05) is 13.8 Å². The quantitative estimate of drug-likeness (QED) is 0.886. The molecule has 2 aromatic rings. The van der Waals surface area contributed by atoms with Crippen LogP contribution in [0.15, 0.2) is 18.3 Å². The van der Waals surface area contributed by atoms with E-state index in [0.29, 0.717) is 23.8 Å². The van der Waals surface area contributed by atoms with Gasteiger partial charge in [0.1, 0.15) is 11.4 Å². The van der Waals surface area contributed by atoms with Crippen LogP contribution in [0.4, 0.5) is 5.69 Å². The van der Waals surface area contributed by atoms with Crippen LogP contribution in [0.25, 0.3) is 0 Å². The molecule has 0 aliphatic heterocycles. The zero-order chi connectivity index (χ0) is 14.7. The molecule has 0 saturated heterocycles. The molecule has 2 N–H and O–H groups in total. The Bertz CT molecular complexity index is 656. The van der Waals surface area contributed by atoms with E-state index >= 15 is 0 Å². The number of hydrogen-bond donors (Lipinski definition) is 2. The molecule has 0 spiro atoms. The van der Waals surface area contributed by atoms with Gasteiger partial charge in [-0.05, 0) is 32.9 Å². The van der Waals surface area contributed by atoms with Crippen molar-refractivity contribution in [1.29, 1.82) is 0 Å². The third-order valence-corrected chi connectivity index (χ3v) is 2.84. The predicted molar refractivity (Wildman–Crippen MR) is 74.8 cm³/mol. The highest BCUT2D eigenvalue weighted by Crippen LogP contribution is 2.20. The Morgan fingerprint density at radius 2 is 2.05 bits per heavy atom. The lowest BCUT2D eigenvalue weighted by Crippen LogP contribution is -2.11. The molecule has 6 nitrogen and oxygen atoms in total. The first-order chi connectivity index (χ1) is 9.47. The van der Waals surface area contributed by atoms with E-state index in [4.69, 9.17) is 0 Å². The van der Waals surface area contributed by atoms with E-state index in [2.05, 4.69) is 20.3 Å². The number of pyridine rings is 1. The maximum absolute atomic E-state index is 11.3. The Morgan fingerprint density at radius 3 is 2.70 bits per heavy atom. The van der Waals surface area contributed by atoms with Gasteiger partial charge in [0.2, 0.25) is 0 Å². The van der Waals surface area contributed by atoms with Crippen LogP contribution in [-0.2, 0) is 6.54 Å². The van der Waals surface area contributed by atoms with Gasteiger partial charge in [0.05, 0.1) is 23.6 Å². The highest BCUT2D eigenvalue weighted by Gasteiger charge is 2.15. The number of aryl methyl sites for hydroxylation is 3. The van der Waals surface area contributed by atoms with Crippen LogP contribution < -0.4 is 5.32 Å². The standard InChI is InChI=1S/C14H16N4O2/c1-8-6-12(13(14(19)20)9(2)17-8)16-7-11-4-5-15-10(3)18-11/h4-6H,7H2,1-3H3,(H,16,17)(H,19,20). The van der Waals surface area contributed by atoms with E-state index in [0.717, 1.165) is 11.4 Å². The summed E-state index contributed by atoms with van der Waals surface area (Å²) in [6, 6.07) is 3.52. The number of aromatic nitrogens is 3. The fourth-order valence-electron chi connectivity index (χ4n) is 2.03. The second kappa shape index (κ2) is 5.64. The molecule has 0 bridgehead atoms. The van der Waals surface area contributed by atoms with Gasteiger partial charge in [-0.1, -0.05) is 0 Å². The van der Waals surface area contributed by atoms with Crippen LogP contribution in [-0.4, -0.2) is 26.0 Å². The van der Waals surface area contributed by atoms with Crippen molar-refractivity contribution in [3.8, 4) is 0 Å². The van der Waals surface area contributed by atoms with E-state index in [1.165, 1.54) is 0 Å². The monoisotopic (exact) mass is 272 g/mol. The highest BCUT2D eigenvalue weighted by molar-refractivity contribution is 5.95. The fraction of sp³-hybridized carbons (Fsp3) is 0.286. The molecular formula is C14H16N4O2. The molecule has 0 saturated carbocycles. The van der Waals surface area contributed by atoms with Crippen molar-refractivity contribution in [2.24, 2.45) is 0 Å². The van der Waals surface area contributed by atoms with Crippen molar-refractivity contribution >= 4 is 11.7 Å². The number of rotatable bonds is 4. The molecule has 0 radical (unpaired) electrons. The lowest BCUT2D eigenvalue weighted by Gasteiger charge is -2.12. The Labute approximate surface area is 116 Å². The largest absolute Gasteiger partial charge is 0.478 e. The maximum atomic E-state index is 11.3. The summed E-state index contributed by atoms with van der Waals surface area (Å²) in [5.74, 6) is -0.304. The van der Waals surface area contributed by atoms with E-state index in [-0.39, 0.29) is 5.56 Å². The number of carboxylic acid groups (broad SMARTS) is 1. The lowest BCUT2D eigenvalue weighted by atomic mass is 10.1. The molecule has 6 heteroatoms. The lowest BCUT2D eigenvalue weighted by molar-refractivity contribution is 0.0696. The molecule has 0 aromatic carbocycles. The summed E-state index contributed by atoms with van der Waals surface area (Å²) < 4.78 is 0. The summed E-state index contributed by atoms with van der Waals surface area (Å²) in [4.78, 5) is 23.8. The van der Waals surface area contributed by atoms with Crippen molar-refractivity contribution < 1.29 is 9.90 Å². The number of aromatic carboxylic acids is 1. The van der Waals surface area contributed by atoms with Crippen molar-refractivity contribution in [2.75, 3.05) is 5.32 Å². The highest BCUT2D eigenvalue weighted by atomic mass is 16.4. The summed E-state index contributed by atoms with van der Waals surface area (Å²) in [7, 11) is 0. The number of carbonyl (C=O) groups is 1. The summed E-state index contributed by atoms with van der Waals surface area (Å²) in [6.45, 7) is 5.77. The first kappa shape index (κ1) is 13.9. The molecule has 0 amide bonds. The van der Waals surface area contributed by atoms with Crippen molar-refractivity contribution in [1.82, 2.24) is 15.0 Å². The average molecular weight is 272 g/mol. The molecule has 2 rings (SSSR count). The van der Waals surface area contributed by atoms with Gasteiger partial charge in [0, 0.05) is 11.9 Å². The van der Waals surface area contributed by atoms with Gasteiger partial charge in [-0.15, -0.1) is 0 Å². The van der Waals surface area contributed by atoms with Crippen LogP contribution in [0.5, 0.6) is 0 Å². The van der Waals surface area contributed by atoms with Gasteiger partial charge < -0.3 is 10.4 Å². The van der Waals surface area contributed by atoms with Gasteiger partial charge >= 0.3 is 5.97 Å². The van der Waals surface area contributed by atoms with Gasteiger partial charge in [0.15, 0.2) is 0 Å². The number of nitrogens with one attached hydrogen (secondary N) is 1. The number of hydrogen-bond acceptors (Lipinski definition) is 5. The fourth-order valence-corrected chi connectivity index (χ4v) is 2.03. The first-order valence-corrected chi connectivity index (χ1v) is 6.21. The topological polar surface area (TPSA) is 88.0 Å². The molecule has 0 atom stereocenters. The molecule has 20 heavy (non-hydrogen) atoms. The summed E-state index contributed by atoms with van der Waals surface area (Å²) in [6.07, 6.45) is 1.68. The predicted octanol–water partition coefficient (Wildman–Crippen LogP) is 2.11. The van der Waals surface area contributed by atoms with Crippen molar-refractivity contribution in [3.05, 3.63) is 46.8 Å². The molecule has 2 aromatic heterocycles. The minimum Gasteiger partial charge on any atom is -0.478 e. The average Bonchev–Trinajstić information content (AvgIpc) is 2.35. The molecule has 0 fully saturated rings. The van der Waals surface area contributed by atoms with Crippen LogP contribution in [0.2, 0.25) is 0 Å². The van der Waals surface area contributed by atoms with Crippen LogP contribution in [0.1, 0.15) is 33.3 Å². The number of nitrogens with zero attached hydrogens (tertiary/aromatic N) is 3. The molecule has 0 unspecified atom stereocenters. The zero-order valence-electron chi connectivity index (χ0n) is 11.6. The summed E-state index contributed by atoms with van der Waals surface area (Å²) in [5, 5.41) is 12.4. The summed E-state index contributed by atoms with van der Waals surface area (Å²) >= 11 is 0. The molecule has 2 heterocycles. The minimum atomic E-state index is -0.989. The molecular weight excluding hydrogens is 256 g/mol. The summed E-state index contributed by atoms with van der Waals surface area (Å²) in [5.41, 5.74) is 2.83. The molecule has 104 valence electrons. The Morgan fingerprint density at radius 1 is 1.30 bits per heavy atom. The van der Waals surface area contributed by atoms with Gasteiger partial charge in [-0.2, -0.15) is 0 Å². The maximum Gasteiger partial charge on any atom is 0.339 e. The van der Waals surface area contributed by atoms with E-state index < -0.39 is 5.97 Å². The molecule has 0 aliphatic rings.